The van der Waals surface area contributed by atoms with Crippen LogP contribution in [0.4, 0.5) is 0 Å². The fraction of sp³-hybridized carbons (Fsp3) is 0.385. The molecule has 1 heterocycles. The van der Waals surface area contributed by atoms with Gasteiger partial charge < -0.3 is 21.1 Å². The maximum absolute atomic E-state index is 11.9. The van der Waals surface area contributed by atoms with Crippen LogP contribution >= 0.6 is 12.2 Å². The Morgan fingerprint density at radius 2 is 2.19 bits per heavy atom. The van der Waals surface area contributed by atoms with Crippen molar-refractivity contribution in [3.63, 3.8) is 0 Å². The van der Waals surface area contributed by atoms with Crippen molar-refractivity contribution in [3.8, 4) is 0 Å². The summed E-state index contributed by atoms with van der Waals surface area (Å²) in [4.78, 5) is 27.8. The summed E-state index contributed by atoms with van der Waals surface area (Å²) in [5, 5.41) is 5.18. The number of nitrogens with zero attached hydrogens (tertiary/aromatic N) is 1. The van der Waals surface area contributed by atoms with E-state index in [4.69, 9.17) is 22.7 Å². The highest BCUT2D eigenvalue weighted by molar-refractivity contribution is 7.80. The van der Waals surface area contributed by atoms with Gasteiger partial charge in [0.15, 0.2) is 0 Å². The molecule has 0 bridgehead atoms. The van der Waals surface area contributed by atoms with Crippen LogP contribution in [-0.2, 0) is 9.53 Å². The summed E-state index contributed by atoms with van der Waals surface area (Å²) in [6.45, 7) is 2.38. The Morgan fingerprint density at radius 3 is 2.71 bits per heavy atom. The van der Waals surface area contributed by atoms with Gasteiger partial charge in [-0.15, -0.1) is 0 Å². The van der Waals surface area contributed by atoms with Crippen molar-refractivity contribution in [1.82, 2.24) is 15.6 Å². The summed E-state index contributed by atoms with van der Waals surface area (Å²) in [6.07, 6.45) is 1.42. The maximum atomic E-state index is 11.9. The van der Waals surface area contributed by atoms with Gasteiger partial charge in [-0.3, -0.25) is 14.6 Å². The number of amides is 2. The summed E-state index contributed by atoms with van der Waals surface area (Å²) in [6, 6.07) is 2.43. The summed E-state index contributed by atoms with van der Waals surface area (Å²) in [7, 11) is 1.54. The maximum Gasteiger partial charge on any atom is 0.270 e. The average Bonchev–Trinajstić information content (AvgIpc) is 2.47. The number of hydrogen-bond acceptors (Lipinski definition) is 5. The highest BCUT2D eigenvalue weighted by Crippen LogP contribution is 2.01. The van der Waals surface area contributed by atoms with Gasteiger partial charge in [0.1, 0.15) is 16.7 Å². The predicted octanol–water partition coefficient (Wildman–Crippen LogP) is -0.403. The standard InChI is InChI=1S/C13H18N4O3S/c1-8(12(18)15-5-6-20-2)17-13(19)10-4-3-9(7-16-10)11(14)21/h3-4,7-8H,5-6H2,1-2H3,(H2,14,21)(H,15,18)(H,17,19). The van der Waals surface area contributed by atoms with Crippen LogP contribution in [0.2, 0.25) is 0 Å². The molecule has 0 fully saturated rings. The Morgan fingerprint density at radius 1 is 1.48 bits per heavy atom. The topological polar surface area (TPSA) is 106 Å². The normalized spacial score (nSPS) is 11.5. The fourth-order valence-corrected chi connectivity index (χ4v) is 1.56. The molecule has 7 nitrogen and oxygen atoms in total. The molecule has 2 amide bonds. The summed E-state index contributed by atoms with van der Waals surface area (Å²) in [5.74, 6) is -0.737. The van der Waals surface area contributed by atoms with E-state index >= 15 is 0 Å². The fourth-order valence-electron chi connectivity index (χ4n) is 1.44. The Labute approximate surface area is 128 Å². The second-order valence-corrected chi connectivity index (χ2v) is 4.72. The molecule has 0 aliphatic rings. The van der Waals surface area contributed by atoms with Crippen LogP contribution in [0.1, 0.15) is 23.0 Å². The molecular weight excluding hydrogens is 292 g/mol. The molecule has 0 spiro atoms. The van der Waals surface area contributed by atoms with Crippen molar-refractivity contribution in [2.45, 2.75) is 13.0 Å². The van der Waals surface area contributed by atoms with Gasteiger partial charge in [0.05, 0.1) is 6.61 Å². The van der Waals surface area contributed by atoms with E-state index in [9.17, 15) is 9.59 Å². The Kier molecular flexibility index (Phi) is 6.70. The molecule has 114 valence electrons. The van der Waals surface area contributed by atoms with Crippen LogP contribution in [0.5, 0.6) is 0 Å². The lowest BCUT2D eigenvalue weighted by atomic mass is 10.2. The van der Waals surface area contributed by atoms with Crippen molar-refractivity contribution in [3.05, 3.63) is 29.6 Å². The molecule has 21 heavy (non-hydrogen) atoms. The van der Waals surface area contributed by atoms with Gasteiger partial charge in [0.25, 0.3) is 5.91 Å². The van der Waals surface area contributed by atoms with Gasteiger partial charge in [-0.05, 0) is 19.1 Å². The van der Waals surface area contributed by atoms with E-state index < -0.39 is 11.9 Å². The summed E-state index contributed by atoms with van der Waals surface area (Å²) < 4.78 is 4.82. The number of carbonyl (C=O) groups is 2. The van der Waals surface area contributed by atoms with Gasteiger partial charge in [0, 0.05) is 25.4 Å². The first-order valence-corrected chi connectivity index (χ1v) is 6.70. The van der Waals surface area contributed by atoms with Crippen LogP contribution in [0.3, 0.4) is 0 Å². The zero-order chi connectivity index (χ0) is 15.8. The highest BCUT2D eigenvalue weighted by Gasteiger charge is 2.16. The molecule has 1 rings (SSSR count). The largest absolute Gasteiger partial charge is 0.389 e. The summed E-state index contributed by atoms with van der Waals surface area (Å²) in [5.41, 5.74) is 6.21. The number of nitrogens with two attached hydrogens (primary N) is 1. The first-order chi connectivity index (χ1) is 9.95. The number of rotatable bonds is 7. The van der Waals surface area contributed by atoms with Gasteiger partial charge in [-0.2, -0.15) is 0 Å². The van der Waals surface area contributed by atoms with Crippen molar-refractivity contribution in [2.24, 2.45) is 5.73 Å². The lowest BCUT2D eigenvalue weighted by Crippen LogP contribution is -2.45. The SMILES string of the molecule is COCCNC(=O)C(C)NC(=O)c1ccc(C(N)=S)cn1. The first kappa shape index (κ1) is 17.0. The monoisotopic (exact) mass is 310 g/mol. The third-order valence-electron chi connectivity index (χ3n) is 2.63. The molecule has 1 aromatic rings. The molecule has 0 aliphatic heterocycles. The number of hydrogen-bond donors (Lipinski definition) is 3. The Bertz CT molecular complexity index is 519. The zero-order valence-electron chi connectivity index (χ0n) is 11.9. The van der Waals surface area contributed by atoms with E-state index in [0.29, 0.717) is 18.7 Å². The lowest BCUT2D eigenvalue weighted by molar-refractivity contribution is -0.122. The number of pyridine rings is 1. The number of thiocarbonyl (C=S) groups is 1. The van der Waals surface area contributed by atoms with E-state index in [1.54, 1.807) is 20.1 Å². The molecule has 0 aliphatic carbocycles. The number of methoxy groups -OCH3 is 1. The minimum Gasteiger partial charge on any atom is -0.389 e. The van der Waals surface area contributed by atoms with Gasteiger partial charge in [-0.25, -0.2) is 0 Å². The van der Waals surface area contributed by atoms with Crippen LogP contribution < -0.4 is 16.4 Å². The first-order valence-electron chi connectivity index (χ1n) is 6.29. The quantitative estimate of drug-likeness (QED) is 0.467. The van der Waals surface area contributed by atoms with Crippen molar-refractivity contribution < 1.29 is 14.3 Å². The predicted molar refractivity (Wildman–Crippen MR) is 81.9 cm³/mol. The van der Waals surface area contributed by atoms with Crippen molar-refractivity contribution in [1.29, 1.82) is 0 Å². The number of carbonyl (C=O) groups excluding carboxylic acids is 2. The molecule has 8 heteroatoms. The second-order valence-electron chi connectivity index (χ2n) is 4.28. The molecule has 0 aromatic carbocycles. The van der Waals surface area contributed by atoms with Gasteiger partial charge >= 0.3 is 0 Å². The van der Waals surface area contributed by atoms with E-state index in [2.05, 4.69) is 15.6 Å². The van der Waals surface area contributed by atoms with E-state index in [1.165, 1.54) is 12.3 Å². The van der Waals surface area contributed by atoms with Gasteiger partial charge in [0.2, 0.25) is 5.91 Å². The number of ether oxygens (including phenoxy) is 1. The van der Waals surface area contributed by atoms with Gasteiger partial charge in [-0.1, -0.05) is 12.2 Å². The highest BCUT2D eigenvalue weighted by atomic mass is 32.1. The third kappa shape index (κ3) is 5.44. The minimum absolute atomic E-state index is 0.187. The second kappa shape index (κ2) is 8.28. The van der Waals surface area contributed by atoms with E-state index in [1.807, 2.05) is 0 Å². The number of nitrogens with one attached hydrogen (secondary N) is 2. The average molecular weight is 310 g/mol. The molecule has 4 N–H and O–H groups in total. The third-order valence-corrected chi connectivity index (χ3v) is 2.86. The van der Waals surface area contributed by atoms with E-state index in [0.717, 1.165) is 0 Å². The van der Waals surface area contributed by atoms with Crippen molar-refractivity contribution >= 4 is 29.0 Å². The number of aromatic nitrogens is 1. The molecule has 0 saturated carbocycles. The molecule has 1 atom stereocenters. The molecular formula is C13H18N4O3S. The molecule has 0 saturated heterocycles. The Balaban J connectivity index is 2.55. The zero-order valence-corrected chi connectivity index (χ0v) is 12.7. The molecule has 0 radical (unpaired) electrons. The van der Waals surface area contributed by atoms with Crippen molar-refractivity contribution in [2.75, 3.05) is 20.3 Å². The summed E-state index contributed by atoms with van der Waals surface area (Å²) >= 11 is 4.80. The Hall–Kier alpha value is -2.06. The van der Waals surface area contributed by atoms with Crippen LogP contribution in [0, 0.1) is 0 Å². The van der Waals surface area contributed by atoms with Crippen LogP contribution in [0.15, 0.2) is 18.3 Å². The van der Waals surface area contributed by atoms with Crippen LogP contribution in [0.25, 0.3) is 0 Å². The molecule has 1 aromatic heterocycles. The van der Waals surface area contributed by atoms with E-state index in [-0.39, 0.29) is 16.6 Å². The smallest absolute Gasteiger partial charge is 0.270 e. The lowest BCUT2D eigenvalue weighted by Gasteiger charge is -2.13. The van der Waals surface area contributed by atoms with Crippen LogP contribution in [-0.4, -0.2) is 48.1 Å². The minimum atomic E-state index is -0.675. The molecule has 1 unspecified atom stereocenters.